The maximum Gasteiger partial charge on any atom is 0.225 e. The maximum absolute atomic E-state index is 6.01. The van der Waals surface area contributed by atoms with Crippen LogP contribution in [-0.2, 0) is 4.74 Å². The molecule has 0 saturated carbocycles. The van der Waals surface area contributed by atoms with Crippen LogP contribution in [0.4, 0.5) is 5.82 Å². The Balaban J connectivity index is 2.08. The molecular weight excluding hydrogens is 270 g/mol. The van der Waals surface area contributed by atoms with Gasteiger partial charge in [0.25, 0.3) is 0 Å². The van der Waals surface area contributed by atoms with E-state index in [2.05, 4.69) is 27.9 Å². The van der Waals surface area contributed by atoms with Crippen molar-refractivity contribution < 1.29 is 4.74 Å². The van der Waals surface area contributed by atoms with Crippen LogP contribution in [0, 0.1) is 6.92 Å². The number of rotatable bonds is 2. The average Bonchev–Trinajstić information content (AvgIpc) is 2.94. The van der Waals surface area contributed by atoms with Crippen molar-refractivity contribution in [2.24, 2.45) is 0 Å². The van der Waals surface area contributed by atoms with Crippen LogP contribution < -0.4 is 4.90 Å². The number of thiophene rings is 1. The fourth-order valence-electron chi connectivity index (χ4n) is 2.27. The van der Waals surface area contributed by atoms with E-state index in [0.29, 0.717) is 11.3 Å². The number of nitrogens with zero attached hydrogens (tertiary/aromatic N) is 3. The summed E-state index contributed by atoms with van der Waals surface area (Å²) < 4.78 is 5.43. The van der Waals surface area contributed by atoms with Gasteiger partial charge in [-0.25, -0.2) is 4.98 Å². The van der Waals surface area contributed by atoms with E-state index in [4.69, 9.17) is 16.3 Å². The molecule has 1 aliphatic heterocycles. The fraction of sp³-hybridized carbons (Fsp3) is 0.500. The van der Waals surface area contributed by atoms with E-state index in [1.807, 2.05) is 7.05 Å². The van der Waals surface area contributed by atoms with E-state index in [1.165, 1.54) is 4.88 Å². The second-order valence-electron chi connectivity index (χ2n) is 4.52. The van der Waals surface area contributed by atoms with Gasteiger partial charge in [-0.15, -0.1) is 11.3 Å². The Bertz CT molecular complexity index is 580. The Labute approximate surface area is 115 Å². The van der Waals surface area contributed by atoms with Gasteiger partial charge in [0.15, 0.2) is 0 Å². The molecule has 1 fully saturated rings. The van der Waals surface area contributed by atoms with E-state index in [-0.39, 0.29) is 0 Å². The molecule has 3 heterocycles. The molecule has 2 aromatic heterocycles. The van der Waals surface area contributed by atoms with E-state index in [1.54, 1.807) is 11.3 Å². The highest BCUT2D eigenvalue weighted by atomic mass is 35.5. The lowest BCUT2D eigenvalue weighted by Gasteiger charge is -2.24. The maximum atomic E-state index is 6.01. The lowest BCUT2D eigenvalue weighted by Crippen LogP contribution is -2.32. The topological polar surface area (TPSA) is 38.2 Å². The molecule has 0 bridgehead atoms. The van der Waals surface area contributed by atoms with Crippen LogP contribution in [0.5, 0.6) is 0 Å². The van der Waals surface area contributed by atoms with Crippen molar-refractivity contribution in [1.29, 1.82) is 0 Å². The minimum Gasteiger partial charge on any atom is -0.379 e. The quantitative estimate of drug-likeness (QED) is 0.795. The van der Waals surface area contributed by atoms with Gasteiger partial charge in [0.1, 0.15) is 10.6 Å². The van der Waals surface area contributed by atoms with E-state index in [0.717, 1.165) is 35.7 Å². The SMILES string of the molecule is Cc1cc2c(N(C)C3CCOC3)nc(Cl)nc2s1. The second-order valence-corrected chi connectivity index (χ2v) is 6.09. The number of anilines is 1. The van der Waals surface area contributed by atoms with Crippen molar-refractivity contribution in [1.82, 2.24) is 9.97 Å². The van der Waals surface area contributed by atoms with Gasteiger partial charge >= 0.3 is 0 Å². The first-order valence-electron chi connectivity index (χ1n) is 5.89. The molecule has 0 radical (unpaired) electrons. The summed E-state index contributed by atoms with van der Waals surface area (Å²) in [6.07, 6.45) is 1.03. The lowest BCUT2D eigenvalue weighted by molar-refractivity contribution is 0.193. The highest BCUT2D eigenvalue weighted by Crippen LogP contribution is 2.32. The lowest BCUT2D eigenvalue weighted by atomic mass is 10.2. The Morgan fingerprint density at radius 2 is 2.33 bits per heavy atom. The number of hydrogen-bond acceptors (Lipinski definition) is 5. The van der Waals surface area contributed by atoms with Crippen LogP contribution >= 0.6 is 22.9 Å². The largest absolute Gasteiger partial charge is 0.379 e. The number of aromatic nitrogens is 2. The van der Waals surface area contributed by atoms with Gasteiger partial charge in [0, 0.05) is 18.5 Å². The zero-order chi connectivity index (χ0) is 12.7. The van der Waals surface area contributed by atoms with Crippen LogP contribution in [0.1, 0.15) is 11.3 Å². The summed E-state index contributed by atoms with van der Waals surface area (Å²) in [5.41, 5.74) is 0. The molecule has 1 unspecified atom stereocenters. The summed E-state index contributed by atoms with van der Waals surface area (Å²) in [5, 5.41) is 1.39. The first-order valence-corrected chi connectivity index (χ1v) is 7.09. The second kappa shape index (κ2) is 4.64. The fourth-order valence-corrected chi connectivity index (χ4v) is 3.36. The minimum absolute atomic E-state index is 0.310. The van der Waals surface area contributed by atoms with Crippen molar-refractivity contribution in [2.45, 2.75) is 19.4 Å². The normalized spacial score (nSPS) is 19.6. The van der Waals surface area contributed by atoms with Gasteiger partial charge in [0.2, 0.25) is 5.28 Å². The van der Waals surface area contributed by atoms with Gasteiger partial charge in [-0.2, -0.15) is 4.98 Å². The van der Waals surface area contributed by atoms with E-state index in [9.17, 15) is 0 Å². The molecule has 0 N–H and O–H groups in total. The van der Waals surface area contributed by atoms with Gasteiger partial charge in [-0.1, -0.05) is 0 Å². The van der Waals surface area contributed by atoms with E-state index < -0.39 is 0 Å². The summed E-state index contributed by atoms with van der Waals surface area (Å²) in [4.78, 5) is 13.0. The molecule has 0 aliphatic carbocycles. The number of aryl methyl sites for hydroxylation is 1. The molecule has 0 amide bonds. The van der Waals surface area contributed by atoms with Crippen molar-refractivity contribution in [2.75, 3.05) is 25.2 Å². The van der Waals surface area contributed by atoms with Crippen molar-refractivity contribution in [3.8, 4) is 0 Å². The number of likely N-dealkylation sites (N-methyl/N-ethyl adjacent to an activating group) is 1. The summed E-state index contributed by atoms with van der Waals surface area (Å²) in [5.74, 6) is 0.907. The number of hydrogen-bond donors (Lipinski definition) is 0. The molecule has 1 aliphatic rings. The Kier molecular flexibility index (Phi) is 3.13. The number of fused-ring (bicyclic) bond motifs is 1. The van der Waals surface area contributed by atoms with Crippen molar-refractivity contribution in [3.63, 3.8) is 0 Å². The Morgan fingerprint density at radius 1 is 1.50 bits per heavy atom. The van der Waals surface area contributed by atoms with Crippen LogP contribution in [0.15, 0.2) is 6.07 Å². The highest BCUT2D eigenvalue weighted by molar-refractivity contribution is 7.18. The molecule has 2 aromatic rings. The van der Waals surface area contributed by atoms with E-state index >= 15 is 0 Å². The first kappa shape index (κ1) is 12.1. The van der Waals surface area contributed by atoms with Crippen LogP contribution in [0.3, 0.4) is 0 Å². The molecule has 1 atom stereocenters. The zero-order valence-corrected chi connectivity index (χ0v) is 11.9. The molecule has 0 aromatic carbocycles. The average molecular weight is 284 g/mol. The smallest absolute Gasteiger partial charge is 0.225 e. The third-order valence-electron chi connectivity index (χ3n) is 3.26. The van der Waals surface area contributed by atoms with Crippen molar-refractivity contribution >= 4 is 39.0 Å². The molecule has 6 heteroatoms. The van der Waals surface area contributed by atoms with Crippen LogP contribution in [-0.4, -0.2) is 36.3 Å². The van der Waals surface area contributed by atoms with Gasteiger partial charge in [-0.05, 0) is 31.0 Å². The summed E-state index contributed by atoms with van der Waals surface area (Å²) in [6, 6.07) is 2.50. The third-order valence-corrected chi connectivity index (χ3v) is 4.37. The standard InChI is InChI=1S/C12H14ClN3OS/c1-7-5-9-10(14-12(13)15-11(9)18-7)16(2)8-3-4-17-6-8/h5,8H,3-4,6H2,1-2H3. The van der Waals surface area contributed by atoms with Crippen LogP contribution in [0.2, 0.25) is 5.28 Å². The van der Waals surface area contributed by atoms with Crippen molar-refractivity contribution in [3.05, 3.63) is 16.2 Å². The van der Waals surface area contributed by atoms with Gasteiger partial charge in [0.05, 0.1) is 18.0 Å². The molecular formula is C12H14ClN3OS. The monoisotopic (exact) mass is 283 g/mol. The van der Waals surface area contributed by atoms with Crippen LogP contribution in [0.25, 0.3) is 10.2 Å². The summed E-state index contributed by atoms with van der Waals surface area (Å²) >= 11 is 7.66. The minimum atomic E-state index is 0.310. The predicted molar refractivity (Wildman–Crippen MR) is 74.8 cm³/mol. The molecule has 96 valence electrons. The third kappa shape index (κ3) is 2.06. The van der Waals surface area contributed by atoms with Gasteiger partial charge in [-0.3, -0.25) is 0 Å². The molecule has 3 rings (SSSR count). The molecule has 0 spiro atoms. The molecule has 18 heavy (non-hydrogen) atoms. The highest BCUT2D eigenvalue weighted by Gasteiger charge is 2.24. The number of ether oxygens (including phenoxy) is 1. The Hall–Kier alpha value is -0.910. The number of halogens is 1. The zero-order valence-electron chi connectivity index (χ0n) is 10.3. The first-order chi connectivity index (χ1) is 8.65. The molecule has 4 nitrogen and oxygen atoms in total. The van der Waals surface area contributed by atoms with Gasteiger partial charge < -0.3 is 9.64 Å². The Morgan fingerprint density at radius 3 is 3.06 bits per heavy atom. The summed E-state index contributed by atoms with van der Waals surface area (Å²) in [6.45, 7) is 3.64. The molecule has 1 saturated heterocycles. The predicted octanol–water partition coefficient (Wildman–Crippen LogP) is 2.88. The summed E-state index contributed by atoms with van der Waals surface area (Å²) in [7, 11) is 2.05.